The molecule has 0 spiro atoms. The molecule has 1 aromatic heterocycles. The number of aromatic amines is 1. The first-order valence-electron chi connectivity index (χ1n) is 16.3. The topological polar surface area (TPSA) is 209 Å². The maximum Gasteiger partial charge on any atom is 0.330 e. The number of amides is 2. The zero-order chi connectivity index (χ0) is 35.7. The number of sulfonamides is 1. The minimum absolute atomic E-state index is 0.0557. The lowest BCUT2D eigenvalue weighted by Crippen LogP contribution is -2.63. The van der Waals surface area contributed by atoms with Crippen LogP contribution >= 0.6 is 0 Å². The quantitative estimate of drug-likeness (QED) is 0.155. The van der Waals surface area contributed by atoms with E-state index < -0.39 is 74.6 Å². The number of hydrogen-bond acceptors (Lipinski definition) is 8. The van der Waals surface area contributed by atoms with Crippen LogP contribution in [0.15, 0.2) is 24.4 Å². The van der Waals surface area contributed by atoms with Crippen LogP contribution in [0.25, 0.3) is 10.9 Å². The van der Waals surface area contributed by atoms with Crippen LogP contribution < -0.4 is 15.4 Å². The highest BCUT2D eigenvalue weighted by molar-refractivity contribution is 7.89. The summed E-state index contributed by atoms with van der Waals surface area (Å²) in [4.78, 5) is 80.0. The first-order chi connectivity index (χ1) is 22.4. The fourth-order valence-corrected chi connectivity index (χ4v) is 9.30. The monoisotopic (exact) mass is 686 g/mol. The van der Waals surface area contributed by atoms with Gasteiger partial charge in [0.1, 0.15) is 5.78 Å². The van der Waals surface area contributed by atoms with Gasteiger partial charge < -0.3 is 20.7 Å². The van der Waals surface area contributed by atoms with E-state index in [4.69, 9.17) is 0 Å². The second kappa shape index (κ2) is 13.9. The van der Waals surface area contributed by atoms with Gasteiger partial charge >= 0.3 is 5.97 Å². The minimum atomic E-state index is -4.15. The third-order valence-corrected chi connectivity index (χ3v) is 12.3. The number of H-pyrrole nitrogens is 1. The van der Waals surface area contributed by atoms with Crippen molar-refractivity contribution in [1.82, 2.24) is 20.3 Å². The summed E-state index contributed by atoms with van der Waals surface area (Å²) in [5, 5.41) is 16.3. The number of carboxylic acids is 1. The Bertz CT molecular complexity index is 1750. The molecule has 2 amide bonds. The van der Waals surface area contributed by atoms with E-state index >= 15 is 0 Å². The minimum Gasteiger partial charge on any atom is -0.479 e. The second-order valence-electron chi connectivity index (χ2n) is 13.9. The van der Waals surface area contributed by atoms with Crippen LogP contribution in [0, 0.1) is 22.7 Å². The van der Waals surface area contributed by atoms with Crippen LogP contribution in [0.3, 0.4) is 0 Å². The van der Waals surface area contributed by atoms with Crippen LogP contribution in [-0.2, 0) is 40.4 Å². The predicted octanol–water partition coefficient (Wildman–Crippen LogP) is 2.68. The highest BCUT2D eigenvalue weighted by Gasteiger charge is 2.65. The smallest absolute Gasteiger partial charge is 0.330 e. The molecule has 2 aliphatic carbocycles. The molecule has 2 saturated carbocycles. The molecule has 0 aliphatic heterocycles. The molecular weight excluding hydrogens is 640 g/mol. The molecule has 1 aromatic carbocycles. The Labute approximate surface area is 280 Å². The molecule has 2 fully saturated rings. The van der Waals surface area contributed by atoms with Crippen LogP contribution in [0.4, 0.5) is 0 Å². The second-order valence-corrected chi connectivity index (χ2v) is 15.7. The SMILES string of the molecule is CCCC(=O)NC(CC(=O)NCCc1c[nH]c2ccc(C(C)=O)cc12)(C(=O)O)C(C)C(=O)CNS(=O)(=O)CC12CCC(CC1=O)C2(C)C. The zero-order valence-electron chi connectivity index (χ0n) is 28.2. The standard InChI is InChI=1S/C34H46N4O9S/c1-6-7-29(42)38-34(31(44)45,16-30(43)35-13-11-23-17-36-26-9-8-22(21(3)39)14-25(23)26)20(2)27(40)18-37-48(46,47)19-33-12-10-24(15-28(33)41)32(33,4)5/h8-9,14,17,20,24,36-37H,6-7,10-13,15-16,18-19H2,1-5H3,(H,35,43)(H,38,42)(H,44,45). The van der Waals surface area contributed by atoms with E-state index in [9.17, 15) is 42.3 Å². The number of Topliss-reactive ketones (excluding diaryl/α,β-unsaturated/α-hetero) is 3. The van der Waals surface area contributed by atoms with Gasteiger partial charge in [0.05, 0.1) is 24.6 Å². The van der Waals surface area contributed by atoms with E-state index in [-0.39, 0.29) is 30.4 Å². The highest BCUT2D eigenvalue weighted by atomic mass is 32.2. The number of aromatic nitrogens is 1. The summed E-state index contributed by atoms with van der Waals surface area (Å²) in [6.45, 7) is 7.53. The van der Waals surface area contributed by atoms with E-state index in [1.165, 1.54) is 13.8 Å². The molecule has 48 heavy (non-hydrogen) atoms. The van der Waals surface area contributed by atoms with Crippen molar-refractivity contribution < 1.29 is 42.3 Å². The van der Waals surface area contributed by atoms with Gasteiger partial charge in [-0.25, -0.2) is 17.9 Å². The summed E-state index contributed by atoms with van der Waals surface area (Å²) in [7, 11) is -4.15. The number of carboxylic acid groups (broad SMARTS) is 1. The van der Waals surface area contributed by atoms with E-state index in [0.717, 1.165) is 22.9 Å². The molecule has 2 bridgehead atoms. The molecule has 13 nitrogen and oxygen atoms in total. The lowest BCUT2D eigenvalue weighted by atomic mass is 9.70. The van der Waals surface area contributed by atoms with Crippen molar-refractivity contribution in [3.8, 4) is 0 Å². The van der Waals surface area contributed by atoms with Gasteiger partial charge in [-0.15, -0.1) is 0 Å². The molecule has 1 heterocycles. The molecule has 14 heteroatoms. The molecule has 0 saturated heterocycles. The first-order valence-corrected chi connectivity index (χ1v) is 18.0. The molecular formula is C34H46N4O9S. The van der Waals surface area contributed by atoms with Gasteiger partial charge in [0.25, 0.3) is 0 Å². The molecule has 4 atom stereocenters. The summed E-state index contributed by atoms with van der Waals surface area (Å²) < 4.78 is 28.7. The summed E-state index contributed by atoms with van der Waals surface area (Å²) in [5.41, 5.74) is -1.78. The number of hydrogen-bond donors (Lipinski definition) is 5. The third kappa shape index (κ3) is 7.09. The molecule has 262 valence electrons. The number of benzene rings is 1. The fraction of sp³-hybridized carbons (Fsp3) is 0.588. The molecule has 0 radical (unpaired) electrons. The molecule has 4 rings (SSSR count). The van der Waals surface area contributed by atoms with Crippen molar-refractivity contribution in [2.45, 2.75) is 85.1 Å². The van der Waals surface area contributed by atoms with Crippen molar-refractivity contribution in [3.63, 3.8) is 0 Å². The first kappa shape index (κ1) is 36.9. The van der Waals surface area contributed by atoms with Gasteiger partial charge in [-0.2, -0.15) is 0 Å². The van der Waals surface area contributed by atoms with E-state index in [2.05, 4.69) is 20.3 Å². The summed E-state index contributed by atoms with van der Waals surface area (Å²) in [6, 6.07) is 5.24. The van der Waals surface area contributed by atoms with Crippen molar-refractivity contribution in [3.05, 3.63) is 35.5 Å². The number of carbonyl (C=O) groups is 6. The Hall–Kier alpha value is -3.91. The van der Waals surface area contributed by atoms with Crippen LogP contribution in [0.1, 0.15) is 89.1 Å². The van der Waals surface area contributed by atoms with Crippen LogP contribution in [0.5, 0.6) is 0 Å². The Kier molecular flexibility index (Phi) is 10.7. The van der Waals surface area contributed by atoms with Gasteiger partial charge in [-0.1, -0.05) is 27.7 Å². The van der Waals surface area contributed by atoms with Crippen molar-refractivity contribution in [2.75, 3.05) is 18.8 Å². The van der Waals surface area contributed by atoms with Crippen molar-refractivity contribution in [1.29, 1.82) is 0 Å². The van der Waals surface area contributed by atoms with Gasteiger partial charge in [-0.3, -0.25) is 24.0 Å². The Morgan fingerprint density at radius 3 is 2.44 bits per heavy atom. The van der Waals surface area contributed by atoms with E-state index in [0.29, 0.717) is 31.2 Å². The van der Waals surface area contributed by atoms with Gasteiger partial charge in [0.2, 0.25) is 21.8 Å². The number of nitrogens with one attached hydrogen (secondary N) is 4. The predicted molar refractivity (Wildman–Crippen MR) is 178 cm³/mol. The maximum absolute atomic E-state index is 13.4. The molecule has 4 unspecified atom stereocenters. The average molecular weight is 687 g/mol. The normalized spacial score (nSPS) is 21.9. The maximum atomic E-state index is 13.4. The average Bonchev–Trinajstić information content (AvgIpc) is 3.57. The van der Waals surface area contributed by atoms with Gasteiger partial charge in [-0.05, 0) is 67.7 Å². The number of fused-ring (bicyclic) bond motifs is 3. The van der Waals surface area contributed by atoms with Gasteiger partial charge in [0.15, 0.2) is 17.1 Å². The van der Waals surface area contributed by atoms with E-state index in [1.54, 1.807) is 31.3 Å². The molecule has 2 aliphatic rings. The number of ketones is 3. The van der Waals surface area contributed by atoms with Gasteiger partial charge in [0, 0.05) is 47.5 Å². The summed E-state index contributed by atoms with van der Waals surface area (Å²) >= 11 is 0. The van der Waals surface area contributed by atoms with Crippen LogP contribution in [-0.4, -0.2) is 78.0 Å². The summed E-state index contributed by atoms with van der Waals surface area (Å²) in [6.07, 6.45) is 3.14. The summed E-state index contributed by atoms with van der Waals surface area (Å²) in [5.74, 6) is -5.97. The van der Waals surface area contributed by atoms with Crippen LogP contribution in [0.2, 0.25) is 0 Å². The molecule has 5 N–H and O–H groups in total. The number of aliphatic carboxylic acids is 1. The lowest BCUT2D eigenvalue weighted by Gasteiger charge is -2.36. The Morgan fingerprint density at radius 2 is 1.85 bits per heavy atom. The van der Waals surface area contributed by atoms with E-state index in [1.807, 2.05) is 13.8 Å². The number of rotatable bonds is 17. The highest BCUT2D eigenvalue weighted by Crippen LogP contribution is 2.64. The molecule has 2 aromatic rings. The number of carbonyl (C=O) groups excluding carboxylic acids is 5. The Balaban J connectivity index is 1.46. The lowest BCUT2D eigenvalue weighted by molar-refractivity contribution is -0.155. The van der Waals surface area contributed by atoms with Crippen molar-refractivity contribution >= 4 is 56.1 Å². The third-order valence-electron chi connectivity index (χ3n) is 10.8. The van der Waals surface area contributed by atoms with Crippen molar-refractivity contribution in [2.24, 2.45) is 22.7 Å². The largest absolute Gasteiger partial charge is 0.479 e. The zero-order valence-corrected chi connectivity index (χ0v) is 29.0. The fourth-order valence-electron chi connectivity index (χ4n) is 7.51. The Morgan fingerprint density at radius 1 is 1.15 bits per heavy atom.